The van der Waals surface area contributed by atoms with Crippen molar-refractivity contribution in [3.05, 3.63) is 200 Å². The van der Waals surface area contributed by atoms with Gasteiger partial charge in [0.15, 0.2) is 0 Å². The lowest BCUT2D eigenvalue weighted by Crippen LogP contribution is -1.92. The number of rotatable bonds is 7. The zero-order valence-electron chi connectivity index (χ0n) is 26.5. The average Bonchev–Trinajstić information content (AvgIpc) is 3.19. The standard InChI is InChI=1S/C47H33N/c1-3-15-34(16-4-1)41-19-7-10-22-44(41)38-31-39(45-23-11-8-20-42(45)35-17-5-2-6-18-35)33-40(32-38)46-24-12-9-21-43(46)36-26-28-37(29-27-36)47-25-13-14-30-48-47/h1-33H. The van der Waals surface area contributed by atoms with Crippen LogP contribution in [0.5, 0.6) is 0 Å². The van der Waals surface area contributed by atoms with Crippen LogP contribution in [0.2, 0.25) is 0 Å². The van der Waals surface area contributed by atoms with Gasteiger partial charge in [0, 0.05) is 11.8 Å². The number of pyridine rings is 1. The highest BCUT2D eigenvalue weighted by Crippen LogP contribution is 2.42. The highest BCUT2D eigenvalue weighted by atomic mass is 14.7. The maximum atomic E-state index is 4.55. The van der Waals surface area contributed by atoms with Gasteiger partial charge in [0.1, 0.15) is 0 Å². The minimum absolute atomic E-state index is 0.976. The lowest BCUT2D eigenvalue weighted by Gasteiger charge is -2.18. The minimum Gasteiger partial charge on any atom is -0.256 e. The number of aromatic nitrogens is 1. The van der Waals surface area contributed by atoms with Crippen molar-refractivity contribution in [2.24, 2.45) is 0 Å². The summed E-state index contributed by atoms with van der Waals surface area (Å²) in [6, 6.07) is 69.5. The van der Waals surface area contributed by atoms with Crippen LogP contribution >= 0.6 is 0 Å². The molecule has 8 aromatic rings. The van der Waals surface area contributed by atoms with Gasteiger partial charge in [-0.15, -0.1) is 0 Å². The molecule has 0 bridgehead atoms. The van der Waals surface area contributed by atoms with Crippen LogP contribution in [0.1, 0.15) is 0 Å². The van der Waals surface area contributed by atoms with E-state index in [0.717, 1.165) is 11.3 Å². The molecular weight excluding hydrogens is 579 g/mol. The first-order valence-corrected chi connectivity index (χ1v) is 16.4. The van der Waals surface area contributed by atoms with E-state index in [9.17, 15) is 0 Å². The molecule has 1 aromatic heterocycles. The smallest absolute Gasteiger partial charge is 0.0701 e. The molecule has 0 unspecified atom stereocenters. The highest BCUT2D eigenvalue weighted by molar-refractivity contribution is 5.94. The number of hydrogen-bond donors (Lipinski definition) is 0. The lowest BCUT2D eigenvalue weighted by atomic mass is 9.86. The molecule has 0 aliphatic carbocycles. The van der Waals surface area contributed by atoms with E-state index in [-0.39, 0.29) is 0 Å². The summed E-state index contributed by atoms with van der Waals surface area (Å²) in [4.78, 5) is 4.55. The molecule has 8 rings (SSSR count). The number of hydrogen-bond acceptors (Lipinski definition) is 1. The Hall–Kier alpha value is -6.31. The quantitative estimate of drug-likeness (QED) is 0.175. The molecule has 0 aliphatic rings. The Balaban J connectivity index is 1.33. The van der Waals surface area contributed by atoms with Gasteiger partial charge >= 0.3 is 0 Å². The zero-order valence-corrected chi connectivity index (χ0v) is 26.5. The van der Waals surface area contributed by atoms with Crippen LogP contribution in [0.4, 0.5) is 0 Å². The Morgan fingerprint density at radius 3 is 0.917 bits per heavy atom. The van der Waals surface area contributed by atoms with Crippen LogP contribution < -0.4 is 0 Å². The summed E-state index contributed by atoms with van der Waals surface area (Å²) < 4.78 is 0. The van der Waals surface area contributed by atoms with Crippen molar-refractivity contribution < 1.29 is 0 Å². The molecule has 0 saturated heterocycles. The van der Waals surface area contributed by atoms with Crippen LogP contribution in [0.3, 0.4) is 0 Å². The van der Waals surface area contributed by atoms with Gasteiger partial charge < -0.3 is 0 Å². The van der Waals surface area contributed by atoms with E-state index in [1.807, 2.05) is 18.3 Å². The maximum absolute atomic E-state index is 4.55. The molecule has 0 fully saturated rings. The van der Waals surface area contributed by atoms with E-state index in [0.29, 0.717) is 0 Å². The van der Waals surface area contributed by atoms with Crippen LogP contribution in [0.15, 0.2) is 200 Å². The predicted octanol–water partition coefficient (Wildman–Crippen LogP) is 12.8. The summed E-state index contributed by atoms with van der Waals surface area (Å²) in [5.74, 6) is 0. The zero-order chi connectivity index (χ0) is 32.1. The molecule has 1 nitrogen and oxygen atoms in total. The second-order valence-electron chi connectivity index (χ2n) is 12.0. The molecule has 0 saturated carbocycles. The Morgan fingerprint density at radius 1 is 0.229 bits per heavy atom. The molecule has 1 heteroatoms. The monoisotopic (exact) mass is 611 g/mol. The second kappa shape index (κ2) is 13.2. The molecule has 0 aliphatic heterocycles. The van der Waals surface area contributed by atoms with Gasteiger partial charge in [-0.1, -0.05) is 164 Å². The Morgan fingerprint density at radius 2 is 0.542 bits per heavy atom. The molecule has 48 heavy (non-hydrogen) atoms. The number of benzene rings is 7. The summed E-state index contributed by atoms with van der Waals surface area (Å²) in [5, 5.41) is 0. The van der Waals surface area contributed by atoms with Crippen LogP contribution in [-0.4, -0.2) is 4.98 Å². The van der Waals surface area contributed by atoms with E-state index < -0.39 is 0 Å². The largest absolute Gasteiger partial charge is 0.256 e. The summed E-state index contributed by atoms with van der Waals surface area (Å²) >= 11 is 0. The first-order valence-electron chi connectivity index (χ1n) is 16.4. The van der Waals surface area contributed by atoms with Gasteiger partial charge in [-0.25, -0.2) is 0 Å². The SMILES string of the molecule is c1ccc(-c2ccccc2-c2cc(-c3ccccc3-c3ccccc3)cc(-c3ccccc3-c3ccc(-c4ccccn4)cc3)c2)cc1. The molecule has 0 atom stereocenters. The average molecular weight is 612 g/mol. The third-order valence-electron chi connectivity index (χ3n) is 8.97. The molecule has 0 amide bonds. The summed E-state index contributed by atoms with van der Waals surface area (Å²) in [7, 11) is 0. The lowest BCUT2D eigenvalue weighted by molar-refractivity contribution is 1.33. The van der Waals surface area contributed by atoms with E-state index in [2.05, 4.69) is 187 Å². The third-order valence-corrected chi connectivity index (χ3v) is 8.97. The molecule has 7 aromatic carbocycles. The second-order valence-corrected chi connectivity index (χ2v) is 12.0. The maximum Gasteiger partial charge on any atom is 0.0701 e. The van der Waals surface area contributed by atoms with Crippen LogP contribution in [0.25, 0.3) is 78.0 Å². The van der Waals surface area contributed by atoms with Gasteiger partial charge in [-0.3, -0.25) is 4.98 Å². The Kier molecular flexibility index (Phi) is 8.01. The summed E-state index contributed by atoms with van der Waals surface area (Å²) in [6.07, 6.45) is 1.84. The summed E-state index contributed by atoms with van der Waals surface area (Å²) in [6.45, 7) is 0. The number of nitrogens with zero attached hydrogens (tertiary/aromatic N) is 1. The van der Waals surface area contributed by atoms with Gasteiger partial charge in [0.2, 0.25) is 0 Å². The van der Waals surface area contributed by atoms with Crippen LogP contribution in [0, 0.1) is 0 Å². The molecule has 1 heterocycles. The van der Waals surface area contributed by atoms with Crippen LogP contribution in [-0.2, 0) is 0 Å². The van der Waals surface area contributed by atoms with Crippen molar-refractivity contribution in [3.8, 4) is 78.0 Å². The third kappa shape index (κ3) is 5.86. The normalized spacial score (nSPS) is 10.9. The molecule has 226 valence electrons. The van der Waals surface area contributed by atoms with Crippen molar-refractivity contribution in [2.45, 2.75) is 0 Å². The Bertz CT molecular complexity index is 2200. The van der Waals surface area contributed by atoms with Gasteiger partial charge in [-0.2, -0.15) is 0 Å². The van der Waals surface area contributed by atoms with Crippen molar-refractivity contribution >= 4 is 0 Å². The van der Waals surface area contributed by atoms with Crippen molar-refractivity contribution in [1.82, 2.24) is 4.98 Å². The van der Waals surface area contributed by atoms with Gasteiger partial charge in [0.05, 0.1) is 5.69 Å². The summed E-state index contributed by atoms with van der Waals surface area (Å²) in [5.41, 5.74) is 16.5. The fourth-order valence-electron chi connectivity index (χ4n) is 6.64. The molecule has 0 radical (unpaired) electrons. The van der Waals surface area contributed by atoms with E-state index >= 15 is 0 Å². The Labute approximate surface area is 282 Å². The van der Waals surface area contributed by atoms with Crippen molar-refractivity contribution in [2.75, 3.05) is 0 Å². The topological polar surface area (TPSA) is 12.9 Å². The van der Waals surface area contributed by atoms with Gasteiger partial charge in [-0.05, 0) is 97.1 Å². The van der Waals surface area contributed by atoms with E-state index in [4.69, 9.17) is 0 Å². The minimum atomic E-state index is 0.976. The molecule has 0 N–H and O–H groups in total. The first-order chi connectivity index (χ1) is 23.8. The molecular formula is C47H33N. The first kappa shape index (κ1) is 29.1. The highest BCUT2D eigenvalue weighted by Gasteiger charge is 2.16. The van der Waals surface area contributed by atoms with Gasteiger partial charge in [0.25, 0.3) is 0 Å². The van der Waals surface area contributed by atoms with Crippen molar-refractivity contribution in [3.63, 3.8) is 0 Å². The fraction of sp³-hybridized carbons (Fsp3) is 0. The van der Waals surface area contributed by atoms with Crippen molar-refractivity contribution in [1.29, 1.82) is 0 Å². The van der Waals surface area contributed by atoms with E-state index in [1.54, 1.807) is 0 Å². The fourth-order valence-corrected chi connectivity index (χ4v) is 6.64. The van der Waals surface area contributed by atoms with E-state index in [1.165, 1.54) is 66.8 Å². The predicted molar refractivity (Wildman–Crippen MR) is 202 cm³/mol. The molecule has 0 spiro atoms.